The molecule has 1 aliphatic rings. The minimum absolute atomic E-state index is 0.688. The molecule has 1 aliphatic heterocycles. The summed E-state index contributed by atoms with van der Waals surface area (Å²) in [5, 5.41) is 3.66. The SMILES string of the molecule is Cc1ccc(NC2CCSCC2)c(C)c1. The van der Waals surface area contributed by atoms with Gasteiger partial charge in [-0.3, -0.25) is 0 Å². The minimum Gasteiger partial charge on any atom is -0.382 e. The van der Waals surface area contributed by atoms with Gasteiger partial charge in [0.1, 0.15) is 0 Å². The number of benzene rings is 1. The minimum atomic E-state index is 0.688. The lowest BCUT2D eigenvalue weighted by Crippen LogP contribution is -2.24. The highest BCUT2D eigenvalue weighted by atomic mass is 32.2. The first-order chi connectivity index (χ1) is 7.25. The number of rotatable bonds is 2. The van der Waals surface area contributed by atoms with Crippen molar-refractivity contribution in [3.63, 3.8) is 0 Å². The van der Waals surface area contributed by atoms with Gasteiger partial charge in [-0.05, 0) is 49.8 Å². The molecule has 0 bridgehead atoms. The average Bonchev–Trinajstić information content (AvgIpc) is 2.24. The Labute approximate surface area is 96.7 Å². The molecule has 1 fully saturated rings. The van der Waals surface area contributed by atoms with E-state index in [1.807, 2.05) is 0 Å². The zero-order chi connectivity index (χ0) is 10.7. The lowest BCUT2D eigenvalue weighted by Gasteiger charge is -2.24. The van der Waals surface area contributed by atoms with E-state index in [0.717, 1.165) is 0 Å². The molecule has 0 atom stereocenters. The van der Waals surface area contributed by atoms with E-state index >= 15 is 0 Å². The maximum atomic E-state index is 3.66. The Balaban J connectivity index is 2.03. The Kier molecular flexibility index (Phi) is 3.57. The van der Waals surface area contributed by atoms with Crippen LogP contribution in [0.15, 0.2) is 18.2 Å². The molecule has 82 valence electrons. The standard InChI is InChI=1S/C13H19NS/c1-10-3-4-13(11(2)9-10)14-12-5-7-15-8-6-12/h3-4,9,12,14H,5-8H2,1-2H3. The fourth-order valence-electron chi connectivity index (χ4n) is 2.04. The largest absolute Gasteiger partial charge is 0.382 e. The number of hydrogen-bond acceptors (Lipinski definition) is 2. The summed E-state index contributed by atoms with van der Waals surface area (Å²) in [6.07, 6.45) is 2.61. The second-order valence-electron chi connectivity index (χ2n) is 4.35. The molecule has 1 nitrogen and oxygen atoms in total. The smallest absolute Gasteiger partial charge is 0.0372 e. The van der Waals surface area contributed by atoms with Gasteiger partial charge in [0, 0.05) is 11.7 Å². The molecule has 0 amide bonds. The fourth-order valence-corrected chi connectivity index (χ4v) is 3.14. The van der Waals surface area contributed by atoms with Gasteiger partial charge >= 0.3 is 0 Å². The maximum absolute atomic E-state index is 3.66. The molecule has 0 aromatic heterocycles. The Hall–Kier alpha value is -0.630. The molecule has 1 saturated heterocycles. The molecule has 0 aliphatic carbocycles. The third-order valence-corrected chi connectivity index (χ3v) is 4.01. The molecular formula is C13H19NS. The number of hydrogen-bond donors (Lipinski definition) is 1. The van der Waals surface area contributed by atoms with Crippen molar-refractivity contribution in [2.24, 2.45) is 0 Å². The summed E-state index contributed by atoms with van der Waals surface area (Å²) < 4.78 is 0. The van der Waals surface area contributed by atoms with Gasteiger partial charge in [0.15, 0.2) is 0 Å². The third kappa shape index (κ3) is 2.91. The maximum Gasteiger partial charge on any atom is 0.0372 e. The highest BCUT2D eigenvalue weighted by molar-refractivity contribution is 7.99. The van der Waals surface area contributed by atoms with E-state index in [-0.39, 0.29) is 0 Å². The highest BCUT2D eigenvalue weighted by Crippen LogP contribution is 2.23. The lowest BCUT2D eigenvalue weighted by atomic mass is 10.1. The van der Waals surface area contributed by atoms with Gasteiger partial charge in [-0.1, -0.05) is 17.7 Å². The second-order valence-corrected chi connectivity index (χ2v) is 5.57. The predicted molar refractivity (Wildman–Crippen MR) is 69.9 cm³/mol. The predicted octanol–water partition coefficient (Wildman–Crippen LogP) is 3.61. The van der Waals surface area contributed by atoms with E-state index in [1.54, 1.807) is 0 Å². The Bertz CT molecular complexity index is 329. The number of nitrogens with one attached hydrogen (secondary N) is 1. The van der Waals surface area contributed by atoms with Crippen LogP contribution in [0, 0.1) is 13.8 Å². The Morgan fingerprint density at radius 3 is 2.60 bits per heavy atom. The van der Waals surface area contributed by atoms with Crippen LogP contribution >= 0.6 is 11.8 Å². The molecule has 0 radical (unpaired) electrons. The van der Waals surface area contributed by atoms with Crippen LogP contribution in [0.25, 0.3) is 0 Å². The van der Waals surface area contributed by atoms with Crippen molar-refractivity contribution in [3.05, 3.63) is 29.3 Å². The fraction of sp³-hybridized carbons (Fsp3) is 0.538. The first-order valence-corrected chi connectivity index (χ1v) is 6.83. The lowest BCUT2D eigenvalue weighted by molar-refractivity contribution is 0.666. The molecule has 1 N–H and O–H groups in total. The summed E-state index contributed by atoms with van der Waals surface area (Å²) in [5.74, 6) is 2.62. The Morgan fingerprint density at radius 2 is 1.93 bits per heavy atom. The van der Waals surface area contributed by atoms with Gasteiger partial charge in [-0.15, -0.1) is 0 Å². The zero-order valence-electron chi connectivity index (χ0n) is 9.55. The summed E-state index contributed by atoms with van der Waals surface area (Å²) in [5.41, 5.74) is 4.03. The van der Waals surface area contributed by atoms with E-state index in [9.17, 15) is 0 Å². The van der Waals surface area contributed by atoms with Crippen LogP contribution in [-0.2, 0) is 0 Å². The summed E-state index contributed by atoms with van der Waals surface area (Å²) in [6, 6.07) is 7.34. The van der Waals surface area contributed by atoms with Crippen LogP contribution in [0.2, 0.25) is 0 Å². The zero-order valence-corrected chi connectivity index (χ0v) is 10.4. The summed E-state index contributed by atoms with van der Waals surface area (Å²) >= 11 is 2.08. The van der Waals surface area contributed by atoms with Crippen molar-refractivity contribution < 1.29 is 0 Å². The molecule has 0 unspecified atom stereocenters. The quantitative estimate of drug-likeness (QED) is 0.818. The van der Waals surface area contributed by atoms with Crippen molar-refractivity contribution >= 4 is 17.4 Å². The van der Waals surface area contributed by atoms with Crippen molar-refractivity contribution in [3.8, 4) is 0 Å². The molecular weight excluding hydrogens is 202 g/mol. The molecule has 15 heavy (non-hydrogen) atoms. The van der Waals surface area contributed by atoms with Crippen LogP contribution < -0.4 is 5.32 Å². The highest BCUT2D eigenvalue weighted by Gasteiger charge is 2.13. The molecule has 0 saturated carbocycles. The number of anilines is 1. The van der Waals surface area contributed by atoms with Crippen molar-refractivity contribution in [1.29, 1.82) is 0 Å². The van der Waals surface area contributed by atoms with Gasteiger partial charge in [0.05, 0.1) is 0 Å². The first kappa shape index (κ1) is 10.9. The average molecular weight is 221 g/mol. The molecule has 2 heteroatoms. The molecule has 1 heterocycles. The second kappa shape index (κ2) is 4.93. The van der Waals surface area contributed by atoms with E-state index < -0.39 is 0 Å². The van der Waals surface area contributed by atoms with Gasteiger partial charge in [-0.2, -0.15) is 11.8 Å². The monoisotopic (exact) mass is 221 g/mol. The van der Waals surface area contributed by atoms with Crippen LogP contribution in [0.4, 0.5) is 5.69 Å². The van der Waals surface area contributed by atoms with Crippen molar-refractivity contribution in [2.75, 3.05) is 16.8 Å². The van der Waals surface area contributed by atoms with Crippen molar-refractivity contribution in [1.82, 2.24) is 0 Å². The third-order valence-electron chi connectivity index (χ3n) is 2.96. The van der Waals surface area contributed by atoms with Gasteiger partial charge < -0.3 is 5.32 Å². The number of aryl methyl sites for hydroxylation is 2. The topological polar surface area (TPSA) is 12.0 Å². The van der Waals surface area contributed by atoms with Crippen LogP contribution in [-0.4, -0.2) is 17.5 Å². The van der Waals surface area contributed by atoms with E-state index in [0.29, 0.717) is 6.04 Å². The van der Waals surface area contributed by atoms with Crippen LogP contribution in [0.1, 0.15) is 24.0 Å². The van der Waals surface area contributed by atoms with Crippen molar-refractivity contribution in [2.45, 2.75) is 32.7 Å². The molecule has 1 aromatic rings. The summed E-state index contributed by atoms with van der Waals surface area (Å²) in [6.45, 7) is 4.33. The van der Waals surface area contributed by atoms with E-state index in [1.165, 1.54) is 41.2 Å². The van der Waals surface area contributed by atoms with E-state index in [4.69, 9.17) is 0 Å². The first-order valence-electron chi connectivity index (χ1n) is 5.67. The van der Waals surface area contributed by atoms with E-state index in [2.05, 4.69) is 49.1 Å². The van der Waals surface area contributed by atoms with Gasteiger partial charge in [0.2, 0.25) is 0 Å². The summed E-state index contributed by atoms with van der Waals surface area (Å²) in [7, 11) is 0. The Morgan fingerprint density at radius 1 is 1.20 bits per heavy atom. The molecule has 2 rings (SSSR count). The molecule has 0 spiro atoms. The molecule has 1 aromatic carbocycles. The van der Waals surface area contributed by atoms with Crippen LogP contribution in [0.5, 0.6) is 0 Å². The van der Waals surface area contributed by atoms with Gasteiger partial charge in [0.25, 0.3) is 0 Å². The van der Waals surface area contributed by atoms with Gasteiger partial charge in [-0.25, -0.2) is 0 Å². The normalized spacial score (nSPS) is 17.7. The number of thioether (sulfide) groups is 1. The summed E-state index contributed by atoms with van der Waals surface area (Å²) in [4.78, 5) is 0. The van der Waals surface area contributed by atoms with Crippen LogP contribution in [0.3, 0.4) is 0 Å².